The molecule has 1 saturated heterocycles. The van der Waals surface area contributed by atoms with Crippen LogP contribution < -0.4 is 11.1 Å². The fourth-order valence-corrected chi connectivity index (χ4v) is 10.3. The van der Waals surface area contributed by atoms with Gasteiger partial charge in [-0.2, -0.15) is 0 Å². The molecule has 1 spiro atoms. The van der Waals surface area contributed by atoms with Gasteiger partial charge in [-0.05, 0) is 86.2 Å². The maximum absolute atomic E-state index is 14.1. The second-order valence-electron chi connectivity index (χ2n) is 12.7. The summed E-state index contributed by atoms with van der Waals surface area (Å²) >= 11 is 2.03. The Morgan fingerprint density at radius 2 is 1.56 bits per heavy atom. The van der Waals surface area contributed by atoms with Crippen LogP contribution in [0.3, 0.4) is 0 Å². The highest BCUT2D eigenvalue weighted by Crippen LogP contribution is 2.74. The summed E-state index contributed by atoms with van der Waals surface area (Å²) in [6.45, 7) is 1.20. The molecule has 2 aromatic rings. The largest absolute Gasteiger partial charge is 0.353 e. The third kappa shape index (κ3) is 3.68. The van der Waals surface area contributed by atoms with Crippen LogP contribution in [0.25, 0.3) is 0 Å². The van der Waals surface area contributed by atoms with Gasteiger partial charge in [0.15, 0.2) is 0 Å². The molecule has 5 heteroatoms. The van der Waals surface area contributed by atoms with Crippen LogP contribution in [-0.2, 0) is 16.0 Å². The zero-order valence-electron chi connectivity index (χ0n) is 21.2. The molecule has 3 N–H and O–H groups in total. The van der Waals surface area contributed by atoms with E-state index in [1.807, 2.05) is 11.9 Å². The summed E-state index contributed by atoms with van der Waals surface area (Å²) in [7, 11) is 0. The lowest BCUT2D eigenvalue weighted by molar-refractivity contribution is -0.155. The molecule has 5 aliphatic carbocycles. The van der Waals surface area contributed by atoms with E-state index in [1.54, 1.807) is 0 Å². The molecule has 0 radical (unpaired) electrons. The van der Waals surface area contributed by atoms with Crippen LogP contribution in [0.15, 0.2) is 60.7 Å². The standard InChI is InChI=1S/C31H39N3OS/c32-26-11-13-27(14-12-26)33-28(35)30-17-24-15-29(20-30,23-9-5-2-6-10-23)16-25(18-30)31(24)21-34(31)36-19-22-7-3-1-4-8-22/h1-10,24-27H,11-21,32H2,(H,33,35)/t24?,25?,26-,27-,29?,30?,31?,34?. The van der Waals surface area contributed by atoms with E-state index in [2.05, 4.69) is 70.3 Å². The minimum atomic E-state index is -0.204. The average molecular weight is 502 g/mol. The van der Waals surface area contributed by atoms with Crippen LogP contribution >= 0.6 is 11.9 Å². The first-order chi connectivity index (χ1) is 17.5. The Kier molecular flexibility index (Phi) is 5.57. The van der Waals surface area contributed by atoms with Crippen molar-refractivity contribution in [2.24, 2.45) is 23.0 Å². The molecule has 0 aromatic heterocycles. The summed E-state index contributed by atoms with van der Waals surface area (Å²) in [5.74, 6) is 2.61. The van der Waals surface area contributed by atoms with Crippen molar-refractivity contribution in [2.75, 3.05) is 6.54 Å². The first-order valence-corrected chi connectivity index (χ1v) is 15.0. The van der Waals surface area contributed by atoms with Crippen LogP contribution in [0, 0.1) is 17.3 Å². The highest BCUT2D eigenvalue weighted by atomic mass is 32.2. The Balaban J connectivity index is 1.15. The molecule has 3 unspecified atom stereocenters. The number of carbonyl (C=O) groups excluding carboxylic acids is 1. The monoisotopic (exact) mass is 501 g/mol. The minimum Gasteiger partial charge on any atom is -0.353 e. The summed E-state index contributed by atoms with van der Waals surface area (Å²) in [4.78, 5) is 14.1. The maximum Gasteiger partial charge on any atom is 0.226 e. The predicted molar refractivity (Wildman–Crippen MR) is 146 cm³/mol. The quantitative estimate of drug-likeness (QED) is 0.410. The molecule has 4 nitrogen and oxygen atoms in total. The Morgan fingerprint density at radius 3 is 2.22 bits per heavy atom. The van der Waals surface area contributed by atoms with Gasteiger partial charge in [0, 0.05) is 24.4 Å². The van der Waals surface area contributed by atoms with Crippen LogP contribution in [0.1, 0.15) is 68.9 Å². The molecule has 8 rings (SSSR count). The lowest BCUT2D eigenvalue weighted by atomic mass is 9.39. The minimum absolute atomic E-state index is 0.156. The van der Waals surface area contributed by atoms with E-state index in [0.717, 1.165) is 50.7 Å². The number of nitrogens with one attached hydrogen (secondary N) is 1. The van der Waals surface area contributed by atoms with E-state index in [4.69, 9.17) is 5.73 Å². The number of nitrogens with two attached hydrogens (primary N) is 1. The first-order valence-electron chi connectivity index (χ1n) is 14.1. The molecule has 1 amide bonds. The fraction of sp³-hybridized carbons (Fsp3) is 0.581. The number of amides is 1. The second-order valence-corrected chi connectivity index (χ2v) is 13.7. The van der Waals surface area contributed by atoms with Gasteiger partial charge in [-0.25, -0.2) is 4.31 Å². The van der Waals surface area contributed by atoms with Crippen molar-refractivity contribution in [3.8, 4) is 0 Å². The van der Waals surface area contributed by atoms with Crippen molar-refractivity contribution < 1.29 is 4.79 Å². The Labute approximate surface area is 219 Å². The fourth-order valence-electron chi connectivity index (χ4n) is 8.92. The summed E-state index contributed by atoms with van der Waals surface area (Å²) in [5.41, 5.74) is 9.28. The third-order valence-electron chi connectivity index (χ3n) is 10.6. The highest BCUT2D eigenvalue weighted by molar-refractivity contribution is 7.96. The van der Waals surface area contributed by atoms with Crippen molar-refractivity contribution in [3.05, 3.63) is 71.8 Å². The van der Waals surface area contributed by atoms with Crippen molar-refractivity contribution in [1.82, 2.24) is 9.62 Å². The predicted octanol–water partition coefficient (Wildman–Crippen LogP) is 5.42. The van der Waals surface area contributed by atoms with Crippen molar-refractivity contribution in [2.45, 2.75) is 86.6 Å². The number of hydrogen-bond donors (Lipinski definition) is 2. The lowest BCUT2D eigenvalue weighted by Gasteiger charge is -2.65. The molecule has 4 bridgehead atoms. The Bertz CT molecular complexity index is 1100. The Hall–Kier alpha value is -1.82. The SMILES string of the molecule is N[C@H]1CC[C@H](NC(=O)C23CC4CC(c5ccccc5)(CC(C2)C42CN2SCc2ccccc2)C3)CC1. The first kappa shape index (κ1) is 23.3. The van der Waals surface area contributed by atoms with Gasteiger partial charge < -0.3 is 11.1 Å². The zero-order chi connectivity index (χ0) is 24.4. The molecular formula is C31H39N3OS. The van der Waals surface area contributed by atoms with Gasteiger partial charge in [-0.15, -0.1) is 0 Å². The highest BCUT2D eigenvalue weighted by Gasteiger charge is 2.75. The molecule has 1 aliphatic heterocycles. The van der Waals surface area contributed by atoms with Gasteiger partial charge in [0.05, 0.1) is 11.0 Å². The van der Waals surface area contributed by atoms with E-state index in [-0.39, 0.29) is 10.8 Å². The Morgan fingerprint density at radius 1 is 0.917 bits per heavy atom. The molecule has 2 aromatic carbocycles. The maximum atomic E-state index is 14.1. The molecule has 36 heavy (non-hydrogen) atoms. The van der Waals surface area contributed by atoms with Crippen molar-refractivity contribution in [1.29, 1.82) is 0 Å². The van der Waals surface area contributed by atoms with Crippen molar-refractivity contribution >= 4 is 17.9 Å². The van der Waals surface area contributed by atoms with E-state index >= 15 is 0 Å². The van der Waals surface area contributed by atoms with Gasteiger partial charge in [-0.3, -0.25) is 4.79 Å². The molecular weight excluding hydrogens is 462 g/mol. The van der Waals surface area contributed by atoms with Crippen LogP contribution in [-0.4, -0.2) is 34.4 Å². The van der Waals surface area contributed by atoms with Gasteiger partial charge in [0.2, 0.25) is 5.91 Å². The van der Waals surface area contributed by atoms with Crippen molar-refractivity contribution in [3.63, 3.8) is 0 Å². The van der Waals surface area contributed by atoms with E-state index in [9.17, 15) is 4.79 Å². The molecule has 5 saturated carbocycles. The zero-order valence-corrected chi connectivity index (χ0v) is 22.0. The van der Waals surface area contributed by atoms with Gasteiger partial charge in [0.1, 0.15) is 0 Å². The molecule has 3 atom stereocenters. The average Bonchev–Trinajstić information content (AvgIpc) is 3.63. The van der Waals surface area contributed by atoms with E-state index in [0.29, 0.717) is 35.4 Å². The van der Waals surface area contributed by atoms with E-state index in [1.165, 1.54) is 30.5 Å². The smallest absolute Gasteiger partial charge is 0.226 e. The number of hydrogen-bond acceptors (Lipinski definition) is 4. The normalized spacial score (nSPS) is 42.4. The molecule has 6 aliphatic rings. The van der Waals surface area contributed by atoms with Gasteiger partial charge >= 0.3 is 0 Å². The topological polar surface area (TPSA) is 58.1 Å². The second kappa shape index (κ2) is 8.61. The van der Waals surface area contributed by atoms with Crippen LogP contribution in [0.2, 0.25) is 0 Å². The van der Waals surface area contributed by atoms with Gasteiger partial charge in [-0.1, -0.05) is 72.6 Å². The number of carbonyl (C=O) groups is 1. The van der Waals surface area contributed by atoms with Crippen LogP contribution in [0.4, 0.5) is 0 Å². The summed E-state index contributed by atoms with van der Waals surface area (Å²) in [5, 5.41) is 3.56. The number of nitrogens with zero attached hydrogens (tertiary/aromatic N) is 1. The molecule has 190 valence electrons. The van der Waals surface area contributed by atoms with E-state index < -0.39 is 0 Å². The summed E-state index contributed by atoms with van der Waals surface area (Å²) < 4.78 is 2.71. The van der Waals surface area contributed by atoms with Gasteiger partial charge in [0.25, 0.3) is 0 Å². The third-order valence-corrected chi connectivity index (χ3v) is 11.8. The summed E-state index contributed by atoms with van der Waals surface area (Å²) in [6.07, 6.45) is 9.79. The number of benzene rings is 2. The summed E-state index contributed by atoms with van der Waals surface area (Å²) in [6, 6.07) is 22.7. The van der Waals surface area contributed by atoms with Crippen LogP contribution in [0.5, 0.6) is 0 Å². The molecule has 1 heterocycles. The number of rotatable bonds is 6. The molecule has 6 fully saturated rings. The lowest BCUT2D eigenvalue weighted by Crippen LogP contribution is -2.66.